The van der Waals surface area contributed by atoms with Crippen LogP contribution in [0.15, 0.2) is 79.1 Å². The van der Waals surface area contributed by atoms with Crippen LogP contribution in [0, 0.1) is 5.92 Å². The van der Waals surface area contributed by atoms with Gasteiger partial charge in [0.2, 0.25) is 0 Å². The Morgan fingerprint density at radius 2 is 1.66 bits per heavy atom. The average Bonchev–Trinajstić information content (AvgIpc) is 3.38. The highest BCUT2D eigenvalue weighted by Crippen LogP contribution is 2.37. The molecule has 0 spiro atoms. The van der Waals surface area contributed by atoms with E-state index >= 15 is 0 Å². The number of hydrogen-bond acceptors (Lipinski definition) is 4. The van der Waals surface area contributed by atoms with Crippen molar-refractivity contribution in [1.82, 2.24) is 14.7 Å². The van der Waals surface area contributed by atoms with Crippen molar-refractivity contribution in [3.8, 4) is 11.1 Å². The molecule has 1 N–H and O–H groups in total. The number of esters is 1. The van der Waals surface area contributed by atoms with E-state index in [1.807, 2.05) is 66.9 Å². The molecule has 5 rings (SSSR count). The molecule has 38 heavy (non-hydrogen) atoms. The molecule has 1 atom stereocenters. The minimum Gasteiger partial charge on any atom is -0.466 e. The van der Waals surface area contributed by atoms with Crippen molar-refractivity contribution in [2.75, 3.05) is 6.61 Å². The first kappa shape index (κ1) is 25.7. The van der Waals surface area contributed by atoms with Gasteiger partial charge in [-0.1, -0.05) is 54.6 Å². The Morgan fingerprint density at radius 1 is 0.947 bits per heavy atom. The number of benzene rings is 2. The molecule has 2 heterocycles. The van der Waals surface area contributed by atoms with Crippen LogP contribution in [0.4, 0.5) is 0 Å². The fraction of sp³-hybridized carbons (Fsp3) is 0.344. The van der Waals surface area contributed by atoms with Crippen molar-refractivity contribution < 1.29 is 14.3 Å². The topological polar surface area (TPSA) is 72.7 Å². The zero-order chi connectivity index (χ0) is 26.5. The number of amides is 1. The van der Waals surface area contributed by atoms with Gasteiger partial charge in [0.05, 0.1) is 12.6 Å². The summed E-state index contributed by atoms with van der Waals surface area (Å²) in [5.74, 6) is 0.732. The second-order valence-corrected chi connectivity index (χ2v) is 10.3. The Balaban J connectivity index is 1.22. The quantitative estimate of drug-likeness (QED) is 0.268. The van der Waals surface area contributed by atoms with E-state index in [9.17, 15) is 9.59 Å². The second-order valence-electron chi connectivity index (χ2n) is 10.3. The molecule has 0 aliphatic heterocycles. The molecule has 1 aliphatic rings. The summed E-state index contributed by atoms with van der Waals surface area (Å²) in [7, 11) is 0. The highest BCUT2D eigenvalue weighted by atomic mass is 16.5. The maximum absolute atomic E-state index is 12.8. The number of nitrogens with one attached hydrogen (secondary N) is 1. The van der Waals surface area contributed by atoms with Crippen molar-refractivity contribution in [1.29, 1.82) is 0 Å². The zero-order valence-corrected chi connectivity index (χ0v) is 22.1. The molecule has 6 nitrogen and oxygen atoms in total. The number of carbonyl (C=O) groups excluding carboxylic acids is 2. The number of nitrogens with zero attached hydrogens (tertiary/aromatic N) is 2. The lowest BCUT2D eigenvalue weighted by Crippen LogP contribution is -2.26. The van der Waals surface area contributed by atoms with Gasteiger partial charge in [-0.25, -0.2) is 4.98 Å². The highest BCUT2D eigenvalue weighted by molar-refractivity contribution is 5.93. The van der Waals surface area contributed by atoms with Gasteiger partial charge in [0.15, 0.2) is 0 Å². The molecule has 2 aromatic heterocycles. The second kappa shape index (κ2) is 11.6. The molecule has 0 bridgehead atoms. The normalized spacial score (nSPS) is 18.2. The molecular formula is C32H35N3O3. The summed E-state index contributed by atoms with van der Waals surface area (Å²) in [6.07, 6.45) is 8.72. The summed E-state index contributed by atoms with van der Waals surface area (Å²) in [5.41, 5.74) is 5.76. The number of imidazole rings is 1. The lowest BCUT2D eigenvalue weighted by atomic mass is 9.77. The average molecular weight is 510 g/mol. The van der Waals surface area contributed by atoms with E-state index in [1.165, 1.54) is 5.56 Å². The SMILES string of the molecule is CCOC(=O)CC1CCC(c2ccc(-c3ccc4nc(C(=O)NC(C)c5ccccc5)cn4c3)cc2)CC1. The van der Waals surface area contributed by atoms with E-state index in [-0.39, 0.29) is 17.9 Å². The predicted octanol–water partition coefficient (Wildman–Crippen LogP) is 6.72. The highest BCUT2D eigenvalue weighted by Gasteiger charge is 2.24. The van der Waals surface area contributed by atoms with E-state index < -0.39 is 0 Å². The summed E-state index contributed by atoms with van der Waals surface area (Å²) in [4.78, 5) is 29.2. The summed E-state index contributed by atoms with van der Waals surface area (Å²) >= 11 is 0. The Morgan fingerprint density at radius 3 is 2.37 bits per heavy atom. The van der Waals surface area contributed by atoms with Gasteiger partial charge in [0.1, 0.15) is 11.3 Å². The smallest absolute Gasteiger partial charge is 0.306 e. The number of pyridine rings is 1. The van der Waals surface area contributed by atoms with E-state index in [2.05, 4.69) is 34.6 Å². The molecule has 6 heteroatoms. The molecular weight excluding hydrogens is 474 g/mol. The minimum atomic E-state index is -0.187. The summed E-state index contributed by atoms with van der Waals surface area (Å²) in [5, 5.41) is 3.04. The van der Waals surface area contributed by atoms with E-state index in [0.29, 0.717) is 30.6 Å². The largest absolute Gasteiger partial charge is 0.466 e. The standard InChI is InChI=1S/C32H35N3O3/c1-3-38-31(36)19-23-9-11-25(12-10-23)26-13-15-27(16-14-26)28-17-18-30-34-29(21-35(30)20-28)32(37)33-22(2)24-7-5-4-6-8-24/h4-8,13-18,20-23,25H,3,9-12,19H2,1-2H3,(H,33,37). The number of fused-ring (bicyclic) bond motifs is 1. The fourth-order valence-corrected chi connectivity index (χ4v) is 5.47. The van der Waals surface area contributed by atoms with Crippen LogP contribution in [0.1, 0.15) is 79.5 Å². The van der Waals surface area contributed by atoms with Crippen molar-refractivity contribution >= 4 is 17.5 Å². The van der Waals surface area contributed by atoms with Gasteiger partial charge in [-0.05, 0) is 85.8 Å². The Bertz CT molecular complexity index is 1390. The summed E-state index contributed by atoms with van der Waals surface area (Å²) in [6, 6.07) is 22.6. The molecule has 1 saturated carbocycles. The van der Waals surface area contributed by atoms with Crippen LogP contribution in [0.5, 0.6) is 0 Å². The van der Waals surface area contributed by atoms with Crippen molar-refractivity contribution in [3.05, 3.63) is 95.9 Å². The maximum atomic E-state index is 12.8. The molecule has 0 radical (unpaired) electrons. The first-order valence-corrected chi connectivity index (χ1v) is 13.6. The summed E-state index contributed by atoms with van der Waals surface area (Å²) < 4.78 is 7.03. The maximum Gasteiger partial charge on any atom is 0.306 e. The van der Waals surface area contributed by atoms with Crippen LogP contribution in [0.3, 0.4) is 0 Å². The molecule has 1 amide bonds. The first-order valence-electron chi connectivity index (χ1n) is 13.6. The predicted molar refractivity (Wildman–Crippen MR) is 149 cm³/mol. The van der Waals surface area contributed by atoms with E-state index in [0.717, 1.165) is 48.0 Å². The van der Waals surface area contributed by atoms with Gasteiger partial charge in [-0.2, -0.15) is 0 Å². The Kier molecular flexibility index (Phi) is 7.87. The van der Waals surface area contributed by atoms with Crippen molar-refractivity contribution in [3.63, 3.8) is 0 Å². The van der Waals surface area contributed by atoms with Crippen LogP contribution < -0.4 is 5.32 Å². The number of aromatic nitrogens is 2. The van der Waals surface area contributed by atoms with Crippen molar-refractivity contribution in [2.45, 2.75) is 57.9 Å². The zero-order valence-electron chi connectivity index (χ0n) is 22.1. The minimum absolute atomic E-state index is 0.0651. The Hall–Kier alpha value is -3.93. The third-order valence-corrected chi connectivity index (χ3v) is 7.65. The molecule has 2 aromatic carbocycles. The molecule has 4 aromatic rings. The van der Waals surface area contributed by atoms with E-state index in [1.54, 1.807) is 6.20 Å². The molecule has 1 aliphatic carbocycles. The van der Waals surface area contributed by atoms with Gasteiger partial charge in [-0.3, -0.25) is 9.59 Å². The Labute approximate surface area is 224 Å². The van der Waals surface area contributed by atoms with Gasteiger partial charge in [-0.15, -0.1) is 0 Å². The molecule has 1 fully saturated rings. The van der Waals surface area contributed by atoms with Crippen LogP contribution in [-0.4, -0.2) is 27.9 Å². The number of rotatable bonds is 8. The third-order valence-electron chi connectivity index (χ3n) is 7.65. The van der Waals surface area contributed by atoms with Crippen LogP contribution >= 0.6 is 0 Å². The van der Waals surface area contributed by atoms with Crippen LogP contribution in [-0.2, 0) is 9.53 Å². The molecule has 196 valence electrons. The molecule has 0 saturated heterocycles. The molecule has 1 unspecified atom stereocenters. The monoisotopic (exact) mass is 509 g/mol. The van der Waals surface area contributed by atoms with Crippen LogP contribution in [0.2, 0.25) is 0 Å². The summed E-state index contributed by atoms with van der Waals surface area (Å²) in [6.45, 7) is 4.29. The van der Waals surface area contributed by atoms with Crippen molar-refractivity contribution in [2.24, 2.45) is 5.92 Å². The lowest BCUT2D eigenvalue weighted by molar-refractivity contribution is -0.144. The third kappa shape index (κ3) is 5.96. The fourth-order valence-electron chi connectivity index (χ4n) is 5.47. The van der Waals surface area contributed by atoms with Crippen LogP contribution in [0.25, 0.3) is 16.8 Å². The number of carbonyl (C=O) groups is 2. The van der Waals surface area contributed by atoms with Gasteiger partial charge in [0.25, 0.3) is 5.91 Å². The lowest BCUT2D eigenvalue weighted by Gasteiger charge is -2.28. The number of hydrogen-bond donors (Lipinski definition) is 1. The van der Waals surface area contributed by atoms with Gasteiger partial charge in [0, 0.05) is 18.8 Å². The number of ether oxygens (including phenoxy) is 1. The van der Waals surface area contributed by atoms with Gasteiger partial charge < -0.3 is 14.5 Å². The van der Waals surface area contributed by atoms with Gasteiger partial charge >= 0.3 is 5.97 Å². The first-order chi connectivity index (χ1) is 18.5. The van der Waals surface area contributed by atoms with E-state index in [4.69, 9.17) is 4.74 Å².